The highest BCUT2D eigenvalue weighted by molar-refractivity contribution is 7.80. The Bertz CT molecular complexity index is 618. The maximum Gasteiger partial charge on any atom is 0.228 e. The molecule has 1 rings (SSSR count). The molecular weight excluding hydrogens is 397 g/mol. The van der Waals surface area contributed by atoms with Crippen LogP contribution in [-0.2, 0) is 4.79 Å². The zero-order valence-corrected chi connectivity index (χ0v) is 15.8. The van der Waals surface area contributed by atoms with Gasteiger partial charge in [0.25, 0.3) is 0 Å². The maximum atomic E-state index is 11.8. The van der Waals surface area contributed by atoms with Crippen molar-refractivity contribution in [2.75, 3.05) is 5.32 Å². The van der Waals surface area contributed by atoms with Gasteiger partial charge in [0.15, 0.2) is 5.11 Å². The number of carbonyl (C=O) groups excluding carboxylic acids is 2. The van der Waals surface area contributed by atoms with E-state index in [1.165, 1.54) is 24.3 Å². The number of amides is 1. The monoisotopic (exact) mass is 410 g/mol. The lowest BCUT2D eigenvalue weighted by Gasteiger charge is -2.28. The topological polar surface area (TPSA) is 93.3 Å². The maximum absolute atomic E-state index is 11.8. The third kappa shape index (κ3) is 6.68. The summed E-state index contributed by atoms with van der Waals surface area (Å²) >= 11 is 22.6. The summed E-state index contributed by atoms with van der Waals surface area (Å²) in [4.78, 5) is 22.5. The Morgan fingerprint density at radius 3 is 2.08 bits per heavy atom. The van der Waals surface area contributed by atoms with Crippen LogP contribution in [0.2, 0.25) is 0 Å². The van der Waals surface area contributed by atoms with Crippen molar-refractivity contribution in [2.45, 2.75) is 23.8 Å². The molecule has 0 fully saturated rings. The van der Waals surface area contributed by atoms with Gasteiger partial charge in [-0.15, -0.1) is 0 Å². The third-order valence-electron chi connectivity index (χ3n) is 2.79. The van der Waals surface area contributed by atoms with Crippen LogP contribution in [0.25, 0.3) is 0 Å². The van der Waals surface area contributed by atoms with Crippen LogP contribution in [0.4, 0.5) is 5.69 Å². The SMILES string of the molecule is CC(C)C(=O)NC(NC(=S)Nc1ccc(C(=O)[O-])cc1)C(Cl)(Cl)Cl. The minimum absolute atomic E-state index is 0.0304. The lowest BCUT2D eigenvalue weighted by Crippen LogP contribution is -2.56. The largest absolute Gasteiger partial charge is 0.545 e. The molecular formula is C14H15Cl3N3O3S-. The number of carboxylic acids is 1. The average Bonchev–Trinajstić information content (AvgIpc) is 2.45. The minimum Gasteiger partial charge on any atom is -0.545 e. The summed E-state index contributed by atoms with van der Waals surface area (Å²) in [6, 6.07) is 5.70. The number of benzene rings is 1. The number of carboxylic acid groups (broad SMARTS) is 1. The Labute approximate surface area is 159 Å². The van der Waals surface area contributed by atoms with Crippen molar-refractivity contribution in [3.63, 3.8) is 0 Å². The average molecular weight is 412 g/mol. The fourth-order valence-corrected chi connectivity index (χ4v) is 2.06. The van der Waals surface area contributed by atoms with Crippen LogP contribution >= 0.6 is 47.0 Å². The molecule has 24 heavy (non-hydrogen) atoms. The number of anilines is 1. The van der Waals surface area contributed by atoms with Gasteiger partial charge in [-0.05, 0) is 29.9 Å². The molecule has 0 saturated heterocycles. The molecule has 1 aromatic rings. The number of hydrogen-bond acceptors (Lipinski definition) is 4. The van der Waals surface area contributed by atoms with Gasteiger partial charge >= 0.3 is 0 Å². The van der Waals surface area contributed by atoms with Crippen molar-refractivity contribution in [3.05, 3.63) is 29.8 Å². The Kier molecular flexibility index (Phi) is 7.54. The fourth-order valence-electron chi connectivity index (χ4n) is 1.50. The van der Waals surface area contributed by atoms with E-state index in [2.05, 4.69) is 16.0 Å². The van der Waals surface area contributed by atoms with E-state index in [0.29, 0.717) is 5.69 Å². The van der Waals surface area contributed by atoms with Crippen molar-refractivity contribution < 1.29 is 14.7 Å². The van der Waals surface area contributed by atoms with Crippen molar-refractivity contribution in [2.24, 2.45) is 5.92 Å². The number of rotatable bonds is 5. The van der Waals surface area contributed by atoms with E-state index < -0.39 is 15.9 Å². The molecule has 3 N–H and O–H groups in total. The first kappa shape index (κ1) is 20.8. The first-order valence-electron chi connectivity index (χ1n) is 6.76. The van der Waals surface area contributed by atoms with Gasteiger partial charge in [-0.2, -0.15) is 0 Å². The zero-order chi connectivity index (χ0) is 18.5. The molecule has 1 aromatic carbocycles. The van der Waals surface area contributed by atoms with Crippen LogP contribution in [0, 0.1) is 5.92 Å². The van der Waals surface area contributed by atoms with Gasteiger partial charge in [-0.1, -0.05) is 60.8 Å². The van der Waals surface area contributed by atoms with Gasteiger partial charge in [-0.3, -0.25) is 4.79 Å². The predicted octanol–water partition coefficient (Wildman–Crippen LogP) is 1.80. The summed E-state index contributed by atoms with van der Waals surface area (Å²) in [5.74, 6) is -1.91. The first-order chi connectivity index (χ1) is 11.0. The normalized spacial score (nSPS) is 12.4. The van der Waals surface area contributed by atoms with E-state index in [4.69, 9.17) is 47.0 Å². The summed E-state index contributed by atoms with van der Waals surface area (Å²) in [5, 5.41) is 18.8. The minimum atomic E-state index is -1.84. The smallest absolute Gasteiger partial charge is 0.228 e. The van der Waals surface area contributed by atoms with E-state index in [1.54, 1.807) is 13.8 Å². The molecule has 0 aliphatic heterocycles. The number of halogens is 3. The molecule has 0 aliphatic carbocycles. The molecule has 10 heteroatoms. The van der Waals surface area contributed by atoms with Crippen molar-refractivity contribution in [3.8, 4) is 0 Å². The van der Waals surface area contributed by atoms with E-state index in [9.17, 15) is 14.7 Å². The van der Waals surface area contributed by atoms with Crippen LogP contribution in [0.1, 0.15) is 24.2 Å². The van der Waals surface area contributed by atoms with Crippen LogP contribution in [-0.4, -0.2) is 26.9 Å². The van der Waals surface area contributed by atoms with Crippen molar-refractivity contribution in [1.82, 2.24) is 10.6 Å². The standard InChI is InChI=1S/C14H16Cl3N3O3S/c1-7(2)10(21)19-12(14(15,16)17)20-13(24)18-9-5-3-8(4-6-9)11(22)23/h3-7,12H,1-2H3,(H,19,21)(H,22,23)(H2,18,20,24)/p-1. The van der Waals surface area contributed by atoms with Crippen molar-refractivity contribution >= 4 is 69.7 Å². The molecule has 1 amide bonds. The summed E-state index contributed by atoms with van der Waals surface area (Å²) in [6.07, 6.45) is -1.06. The van der Waals surface area contributed by atoms with E-state index in [1.807, 2.05) is 0 Å². The van der Waals surface area contributed by atoms with Crippen LogP contribution < -0.4 is 21.1 Å². The quantitative estimate of drug-likeness (QED) is 0.389. The Morgan fingerprint density at radius 2 is 1.67 bits per heavy atom. The number of hydrogen-bond donors (Lipinski definition) is 3. The molecule has 0 radical (unpaired) electrons. The molecule has 0 spiro atoms. The number of aromatic carboxylic acids is 1. The molecule has 1 unspecified atom stereocenters. The van der Waals surface area contributed by atoms with Crippen LogP contribution in [0.3, 0.4) is 0 Å². The van der Waals surface area contributed by atoms with Crippen molar-refractivity contribution in [1.29, 1.82) is 0 Å². The van der Waals surface area contributed by atoms with Gasteiger partial charge in [0, 0.05) is 11.6 Å². The predicted molar refractivity (Wildman–Crippen MR) is 97.2 cm³/mol. The highest BCUT2D eigenvalue weighted by atomic mass is 35.6. The lowest BCUT2D eigenvalue weighted by molar-refractivity contribution is -0.255. The number of thiocarbonyl (C=S) groups is 1. The van der Waals surface area contributed by atoms with Gasteiger partial charge in [0.05, 0.1) is 5.97 Å². The molecule has 0 heterocycles. The van der Waals surface area contributed by atoms with E-state index >= 15 is 0 Å². The molecule has 132 valence electrons. The van der Waals surface area contributed by atoms with Gasteiger partial charge in [0.1, 0.15) is 6.17 Å². The van der Waals surface area contributed by atoms with Gasteiger partial charge in [0.2, 0.25) is 9.70 Å². The Hall–Kier alpha value is -1.28. The zero-order valence-electron chi connectivity index (χ0n) is 12.7. The Balaban J connectivity index is 2.74. The molecule has 0 bridgehead atoms. The second-order valence-electron chi connectivity index (χ2n) is 5.10. The third-order valence-corrected chi connectivity index (χ3v) is 3.67. The number of alkyl halides is 3. The second-order valence-corrected chi connectivity index (χ2v) is 7.88. The fraction of sp³-hybridized carbons (Fsp3) is 0.357. The lowest BCUT2D eigenvalue weighted by atomic mass is 10.2. The van der Waals surface area contributed by atoms with Gasteiger partial charge < -0.3 is 25.9 Å². The molecule has 1 atom stereocenters. The highest BCUT2D eigenvalue weighted by Crippen LogP contribution is 2.29. The second kappa shape index (κ2) is 8.71. The van der Waals surface area contributed by atoms with Gasteiger partial charge in [-0.25, -0.2) is 0 Å². The summed E-state index contributed by atoms with van der Waals surface area (Å²) in [5.41, 5.74) is 0.540. The molecule has 0 aliphatic rings. The van der Waals surface area contributed by atoms with Crippen LogP contribution in [0.15, 0.2) is 24.3 Å². The first-order valence-corrected chi connectivity index (χ1v) is 8.31. The summed E-state index contributed by atoms with van der Waals surface area (Å²) in [6.45, 7) is 3.39. The highest BCUT2D eigenvalue weighted by Gasteiger charge is 2.35. The molecule has 0 saturated carbocycles. The summed E-state index contributed by atoms with van der Waals surface area (Å²) in [7, 11) is 0. The Morgan fingerprint density at radius 1 is 1.12 bits per heavy atom. The molecule has 6 nitrogen and oxygen atoms in total. The summed E-state index contributed by atoms with van der Waals surface area (Å²) < 4.78 is -1.84. The van der Waals surface area contributed by atoms with Crippen LogP contribution in [0.5, 0.6) is 0 Å². The van der Waals surface area contributed by atoms with E-state index in [0.717, 1.165) is 0 Å². The molecule has 0 aromatic heterocycles. The number of carbonyl (C=O) groups is 2. The van der Waals surface area contributed by atoms with E-state index in [-0.39, 0.29) is 22.5 Å². The number of nitrogens with one attached hydrogen (secondary N) is 3.